The number of nitrogens with zero attached hydrogens (tertiary/aromatic N) is 3. The number of carbonyl (C=O) groups excluding carboxylic acids is 5. The number of anilines is 1. The maximum Gasteiger partial charge on any atom is 0.410 e. The summed E-state index contributed by atoms with van der Waals surface area (Å²) in [4.78, 5) is 74.3. The number of hydrogen-bond donors (Lipinski definition) is 3. The maximum atomic E-state index is 14.5. The van der Waals surface area contributed by atoms with Crippen LogP contribution in [0.1, 0.15) is 81.8 Å². The summed E-state index contributed by atoms with van der Waals surface area (Å²) < 4.78 is 40.8. The fourth-order valence-electron chi connectivity index (χ4n) is 8.56. The molecular formula is C42H54N6O9S. The predicted octanol–water partition coefficient (Wildman–Crippen LogP) is 4.15. The third-order valence-corrected chi connectivity index (χ3v) is 13.4. The molecule has 15 nitrogen and oxygen atoms in total. The number of carbonyl (C=O) groups is 5. The van der Waals surface area contributed by atoms with Gasteiger partial charge in [0.05, 0.1) is 11.4 Å². The second-order valence-corrected chi connectivity index (χ2v) is 18.0. The van der Waals surface area contributed by atoms with Gasteiger partial charge < -0.3 is 34.8 Å². The summed E-state index contributed by atoms with van der Waals surface area (Å²) in [5, 5.41) is 5.63. The molecule has 3 aliphatic heterocycles. The molecule has 5 aliphatic rings. The van der Waals surface area contributed by atoms with Gasteiger partial charge in [-0.15, -0.1) is 0 Å². The zero-order valence-corrected chi connectivity index (χ0v) is 34.0. The number of allylic oxidation sites excluding steroid dienone is 1. The fraction of sp³-hybridized carbons (Fsp3) is 0.548. The molecule has 2 aliphatic carbocycles. The molecule has 0 radical (unpaired) electrons. The summed E-state index contributed by atoms with van der Waals surface area (Å²) >= 11 is 0. The van der Waals surface area contributed by atoms with E-state index in [-0.39, 0.29) is 30.4 Å². The van der Waals surface area contributed by atoms with Gasteiger partial charge in [-0.1, -0.05) is 49.3 Å². The number of alkyl carbamates (subject to hydrolysis) is 1. The second kappa shape index (κ2) is 17.4. The minimum absolute atomic E-state index is 0.0677. The Kier molecular flexibility index (Phi) is 12.3. The molecule has 0 aromatic heterocycles. The van der Waals surface area contributed by atoms with Crippen LogP contribution in [0.3, 0.4) is 0 Å². The standard InChI is InChI=1S/C42H54N6O9S/c1-46(2)31-18-20-34(21-19-31)58(54,55)45-39(51)42-25-30(42)14-6-4-3-5-7-17-35(43-40(52)56-32-15-10-11-16-32)38(50)48-27-33(24-36(48)37(49)44-42)57-41(53)47-23-22-28-12-8-9-13-29(28)26-47/h6,8-9,12-14,18-21,30,32-33,35-36H,3-5,7,10-11,15-17,22-27H2,1-2H3,(H,43,52)(H,44,49)(H,45,51)/t30-,33-,35+,36+,42-/m1/s1. The Labute approximate surface area is 339 Å². The number of nitrogens with one attached hydrogen (secondary N) is 3. The summed E-state index contributed by atoms with van der Waals surface area (Å²) in [7, 11) is -0.677. The highest BCUT2D eigenvalue weighted by atomic mass is 32.2. The van der Waals surface area contributed by atoms with Crippen LogP contribution in [-0.2, 0) is 46.8 Å². The fourth-order valence-corrected chi connectivity index (χ4v) is 9.60. The number of rotatable bonds is 7. The maximum absolute atomic E-state index is 14.5. The summed E-state index contributed by atoms with van der Waals surface area (Å²) in [5.74, 6) is -2.62. The van der Waals surface area contributed by atoms with Gasteiger partial charge in [0, 0.05) is 45.2 Å². The van der Waals surface area contributed by atoms with E-state index in [0.717, 1.165) is 55.3 Å². The zero-order chi connectivity index (χ0) is 41.0. The number of benzene rings is 2. The molecule has 0 unspecified atom stereocenters. The van der Waals surface area contributed by atoms with Gasteiger partial charge in [0.25, 0.3) is 15.9 Å². The van der Waals surface area contributed by atoms with E-state index < -0.39 is 69.6 Å². The van der Waals surface area contributed by atoms with Crippen LogP contribution < -0.4 is 20.3 Å². The molecule has 5 amide bonds. The number of amides is 5. The summed E-state index contributed by atoms with van der Waals surface area (Å²) in [6, 6.07) is 11.7. The molecule has 3 N–H and O–H groups in total. The van der Waals surface area contributed by atoms with E-state index in [4.69, 9.17) is 9.47 Å². The van der Waals surface area contributed by atoms with Crippen LogP contribution in [0.25, 0.3) is 0 Å². The third kappa shape index (κ3) is 9.27. The van der Waals surface area contributed by atoms with Crippen LogP contribution in [0.4, 0.5) is 15.3 Å². The molecule has 0 spiro atoms. The SMILES string of the molecule is CN(C)c1ccc(S(=O)(=O)NC(=O)[C@@]23C[C@H]2C=CCCCCC[C@H](NC(=O)OC2CCCC2)C(=O)N2C[C@H](OC(=O)N4CCc5ccccc5C4)C[C@H]2C(=O)N3)cc1. The van der Waals surface area contributed by atoms with Crippen molar-refractivity contribution in [1.82, 2.24) is 25.2 Å². The number of sulfonamides is 1. The molecule has 5 atom stereocenters. The second-order valence-electron chi connectivity index (χ2n) is 16.4. The van der Waals surface area contributed by atoms with Crippen molar-refractivity contribution in [2.24, 2.45) is 5.92 Å². The van der Waals surface area contributed by atoms with Gasteiger partial charge in [0.1, 0.15) is 29.8 Å². The lowest BCUT2D eigenvalue weighted by Crippen LogP contribution is -2.58. The summed E-state index contributed by atoms with van der Waals surface area (Å²) in [5.41, 5.74) is 1.33. The number of fused-ring (bicyclic) bond motifs is 3. The first-order valence-corrected chi connectivity index (χ1v) is 21.9. The average Bonchev–Trinajstić information content (AvgIpc) is 3.46. The van der Waals surface area contributed by atoms with Crippen LogP contribution >= 0.6 is 0 Å². The van der Waals surface area contributed by atoms with E-state index in [0.29, 0.717) is 38.8 Å². The van der Waals surface area contributed by atoms with Crippen molar-refractivity contribution in [2.75, 3.05) is 32.1 Å². The molecule has 2 aromatic carbocycles. The van der Waals surface area contributed by atoms with Crippen LogP contribution in [0.15, 0.2) is 65.6 Å². The third-order valence-electron chi connectivity index (χ3n) is 12.1. The molecule has 3 fully saturated rings. The van der Waals surface area contributed by atoms with Gasteiger partial charge in [0.2, 0.25) is 11.8 Å². The monoisotopic (exact) mass is 818 g/mol. The van der Waals surface area contributed by atoms with Gasteiger partial charge in [-0.25, -0.2) is 22.7 Å². The van der Waals surface area contributed by atoms with Crippen molar-refractivity contribution in [3.63, 3.8) is 0 Å². The molecular weight excluding hydrogens is 765 g/mol. The molecule has 16 heteroatoms. The Morgan fingerprint density at radius 3 is 2.36 bits per heavy atom. The minimum atomic E-state index is -4.32. The van der Waals surface area contributed by atoms with Crippen LogP contribution in [0.5, 0.6) is 0 Å². The summed E-state index contributed by atoms with van der Waals surface area (Å²) in [6.45, 7) is 0.681. The van der Waals surface area contributed by atoms with Crippen molar-refractivity contribution in [3.8, 4) is 0 Å². The lowest BCUT2D eigenvalue weighted by atomic mass is 10.0. The first-order chi connectivity index (χ1) is 27.8. The van der Waals surface area contributed by atoms with E-state index in [1.54, 1.807) is 17.0 Å². The van der Waals surface area contributed by atoms with Crippen molar-refractivity contribution < 1.29 is 41.9 Å². The quantitative estimate of drug-likeness (QED) is 0.343. The van der Waals surface area contributed by atoms with Gasteiger partial charge in [-0.05, 0) is 93.2 Å². The molecule has 3 heterocycles. The number of ether oxygens (including phenoxy) is 2. The molecule has 0 bridgehead atoms. The Morgan fingerprint density at radius 2 is 1.62 bits per heavy atom. The largest absolute Gasteiger partial charge is 0.446 e. The Bertz CT molecular complexity index is 2020. The highest BCUT2D eigenvalue weighted by Crippen LogP contribution is 2.46. The molecule has 312 valence electrons. The van der Waals surface area contributed by atoms with Gasteiger partial charge >= 0.3 is 12.2 Å². The first-order valence-electron chi connectivity index (χ1n) is 20.5. The Morgan fingerprint density at radius 1 is 0.897 bits per heavy atom. The minimum Gasteiger partial charge on any atom is -0.446 e. The lowest BCUT2D eigenvalue weighted by Gasteiger charge is -2.30. The van der Waals surface area contributed by atoms with E-state index in [9.17, 15) is 32.4 Å². The molecule has 58 heavy (non-hydrogen) atoms. The smallest absolute Gasteiger partial charge is 0.410 e. The highest BCUT2D eigenvalue weighted by Gasteiger charge is 2.61. The normalized spacial score (nSPS) is 26.5. The Hall–Kier alpha value is -5.12. The van der Waals surface area contributed by atoms with Crippen LogP contribution in [0, 0.1) is 5.92 Å². The first kappa shape index (κ1) is 41.1. The van der Waals surface area contributed by atoms with Crippen LogP contribution in [0.2, 0.25) is 0 Å². The number of hydrogen-bond acceptors (Lipinski definition) is 10. The van der Waals surface area contributed by atoms with Gasteiger partial charge in [-0.2, -0.15) is 0 Å². The van der Waals surface area contributed by atoms with Crippen molar-refractivity contribution >= 4 is 45.6 Å². The van der Waals surface area contributed by atoms with Crippen molar-refractivity contribution in [3.05, 3.63) is 71.8 Å². The topological polar surface area (TPSA) is 184 Å². The van der Waals surface area contributed by atoms with E-state index in [1.807, 2.05) is 55.4 Å². The lowest BCUT2D eigenvalue weighted by molar-refractivity contribution is -0.141. The predicted molar refractivity (Wildman–Crippen MR) is 214 cm³/mol. The van der Waals surface area contributed by atoms with E-state index in [2.05, 4.69) is 15.4 Å². The van der Waals surface area contributed by atoms with E-state index in [1.165, 1.54) is 17.0 Å². The molecule has 2 saturated carbocycles. The van der Waals surface area contributed by atoms with Gasteiger partial charge in [0.15, 0.2) is 0 Å². The van der Waals surface area contributed by atoms with E-state index >= 15 is 0 Å². The average molecular weight is 819 g/mol. The van der Waals surface area contributed by atoms with Crippen LogP contribution in [-0.4, -0.2) is 105 Å². The van der Waals surface area contributed by atoms with Crippen molar-refractivity contribution in [1.29, 1.82) is 0 Å². The molecule has 7 rings (SSSR count). The highest BCUT2D eigenvalue weighted by molar-refractivity contribution is 7.90. The molecule has 1 saturated heterocycles. The zero-order valence-electron chi connectivity index (χ0n) is 33.2. The Balaban J connectivity index is 1.13. The molecule has 2 aromatic rings. The van der Waals surface area contributed by atoms with Gasteiger partial charge in [-0.3, -0.25) is 14.4 Å². The van der Waals surface area contributed by atoms with Crippen molar-refractivity contribution in [2.45, 2.75) is 118 Å². The summed E-state index contributed by atoms with van der Waals surface area (Å²) in [6.07, 6.45) is 8.63.